The molecule has 0 fully saturated rings. The van der Waals surface area contributed by atoms with Gasteiger partial charge in [0, 0.05) is 17.8 Å². The summed E-state index contributed by atoms with van der Waals surface area (Å²) in [6, 6.07) is 0. The molecule has 9 heavy (non-hydrogen) atoms. The minimum Gasteiger partial charge on any atom is -0.312 e. The summed E-state index contributed by atoms with van der Waals surface area (Å²) in [6.07, 6.45) is 2.70. The molecule has 0 amide bonds. The van der Waals surface area contributed by atoms with Crippen molar-refractivity contribution in [2.24, 2.45) is 15.7 Å². The maximum absolute atomic E-state index is 6.86. The number of hydrogen-bond acceptors (Lipinski definition) is 3. The summed E-state index contributed by atoms with van der Waals surface area (Å²) >= 11 is 0. The van der Waals surface area contributed by atoms with Crippen molar-refractivity contribution >= 4 is 12.4 Å². The van der Waals surface area contributed by atoms with Crippen molar-refractivity contribution in [2.75, 3.05) is 0 Å². The van der Waals surface area contributed by atoms with Gasteiger partial charge in [-0.05, 0) is 13.8 Å². The van der Waals surface area contributed by atoms with Gasteiger partial charge in [-0.15, -0.1) is 5.10 Å². The smallest absolute Gasteiger partial charge is 0.0397 e. The average Bonchev–Trinajstić information content (AvgIpc) is 1.84. The van der Waals surface area contributed by atoms with E-state index in [0.29, 0.717) is 0 Å². The Morgan fingerprint density at radius 3 is 2.33 bits per heavy atom. The van der Waals surface area contributed by atoms with Gasteiger partial charge in [-0.2, -0.15) is 5.53 Å². The van der Waals surface area contributed by atoms with Crippen LogP contribution in [0.3, 0.4) is 0 Å². The lowest BCUT2D eigenvalue weighted by molar-refractivity contribution is 0.752. The maximum Gasteiger partial charge on any atom is 0.0397 e. The summed E-state index contributed by atoms with van der Waals surface area (Å²) in [5.41, 5.74) is 5.94. The van der Waals surface area contributed by atoms with Crippen LogP contribution in [-0.2, 0) is 0 Å². The SMILES string of the molecule is CC(C)(C=N)/C=N\N=N. The van der Waals surface area contributed by atoms with Gasteiger partial charge >= 0.3 is 0 Å². The highest BCUT2D eigenvalue weighted by atomic mass is 15.3. The van der Waals surface area contributed by atoms with Gasteiger partial charge in [0.2, 0.25) is 0 Å². The van der Waals surface area contributed by atoms with Crippen molar-refractivity contribution in [1.29, 1.82) is 10.9 Å². The van der Waals surface area contributed by atoms with Gasteiger partial charge in [-0.25, -0.2) is 0 Å². The van der Waals surface area contributed by atoms with Gasteiger partial charge < -0.3 is 5.41 Å². The van der Waals surface area contributed by atoms with Crippen LogP contribution in [0.2, 0.25) is 0 Å². The molecule has 0 spiro atoms. The summed E-state index contributed by atoms with van der Waals surface area (Å²) in [6.45, 7) is 3.63. The summed E-state index contributed by atoms with van der Waals surface area (Å²) < 4.78 is 0. The summed E-state index contributed by atoms with van der Waals surface area (Å²) in [4.78, 5) is 0. The first kappa shape index (κ1) is 7.94. The molecule has 4 nitrogen and oxygen atoms in total. The zero-order chi connectivity index (χ0) is 7.33. The highest BCUT2D eigenvalue weighted by Crippen LogP contribution is 2.05. The second kappa shape index (κ2) is 3.06. The lowest BCUT2D eigenvalue weighted by atomic mass is 9.98. The maximum atomic E-state index is 6.86. The van der Waals surface area contributed by atoms with Gasteiger partial charge in [0.05, 0.1) is 0 Å². The van der Waals surface area contributed by atoms with E-state index in [9.17, 15) is 0 Å². The van der Waals surface area contributed by atoms with Gasteiger partial charge in [0.25, 0.3) is 0 Å². The van der Waals surface area contributed by atoms with Crippen molar-refractivity contribution < 1.29 is 0 Å². The van der Waals surface area contributed by atoms with Crippen molar-refractivity contribution in [2.45, 2.75) is 13.8 Å². The molecule has 0 aromatic rings. The van der Waals surface area contributed by atoms with Gasteiger partial charge in [0.15, 0.2) is 0 Å². The Morgan fingerprint density at radius 1 is 1.44 bits per heavy atom. The largest absolute Gasteiger partial charge is 0.312 e. The second-order valence-corrected chi connectivity index (χ2v) is 2.31. The van der Waals surface area contributed by atoms with Gasteiger partial charge in [0.1, 0.15) is 0 Å². The quantitative estimate of drug-likeness (QED) is 0.328. The normalized spacial score (nSPS) is 11.8. The topological polar surface area (TPSA) is 72.4 Å². The average molecular weight is 126 g/mol. The first-order valence-corrected chi connectivity index (χ1v) is 2.55. The van der Waals surface area contributed by atoms with Crippen LogP contribution in [0.15, 0.2) is 10.3 Å². The van der Waals surface area contributed by atoms with Crippen LogP contribution in [0.5, 0.6) is 0 Å². The third-order valence-electron chi connectivity index (χ3n) is 0.820. The van der Waals surface area contributed by atoms with E-state index in [1.807, 2.05) is 13.8 Å². The molecule has 0 aromatic heterocycles. The first-order chi connectivity index (χ1) is 4.12. The Labute approximate surface area is 54.0 Å². The van der Waals surface area contributed by atoms with Crippen LogP contribution in [0.1, 0.15) is 13.8 Å². The fourth-order valence-corrected chi connectivity index (χ4v) is 0.215. The van der Waals surface area contributed by atoms with E-state index in [4.69, 9.17) is 10.9 Å². The molecule has 0 atom stereocenters. The van der Waals surface area contributed by atoms with Crippen molar-refractivity contribution in [3.63, 3.8) is 0 Å². The molecule has 4 heteroatoms. The van der Waals surface area contributed by atoms with Crippen molar-refractivity contribution in [3.05, 3.63) is 0 Å². The van der Waals surface area contributed by atoms with E-state index in [1.54, 1.807) is 0 Å². The lowest BCUT2D eigenvalue weighted by Crippen LogP contribution is -2.13. The van der Waals surface area contributed by atoms with E-state index >= 15 is 0 Å². The zero-order valence-electron chi connectivity index (χ0n) is 5.55. The Balaban J connectivity index is 3.99. The molecule has 0 saturated carbocycles. The lowest BCUT2D eigenvalue weighted by Gasteiger charge is -2.08. The molecule has 0 radical (unpaired) electrons. The molecule has 0 aromatic carbocycles. The second-order valence-electron chi connectivity index (χ2n) is 2.31. The van der Waals surface area contributed by atoms with E-state index in [1.165, 1.54) is 12.4 Å². The molecular formula is C5H10N4. The molecule has 50 valence electrons. The van der Waals surface area contributed by atoms with E-state index in [0.717, 1.165) is 0 Å². The van der Waals surface area contributed by atoms with Crippen molar-refractivity contribution in [3.8, 4) is 0 Å². The fourth-order valence-electron chi connectivity index (χ4n) is 0.215. The standard InChI is InChI=1S/C5H10N4/c1-5(2,3-6)4-8-9-7/h3-4,6-7H,1-2H3/b6-3?,8-4-,9-7?. The number of hydrogen-bond donors (Lipinski definition) is 2. The Kier molecular flexibility index (Phi) is 2.70. The molecule has 0 unspecified atom stereocenters. The van der Waals surface area contributed by atoms with Crippen LogP contribution in [-0.4, -0.2) is 12.4 Å². The van der Waals surface area contributed by atoms with Crippen molar-refractivity contribution in [1.82, 2.24) is 0 Å². The zero-order valence-corrected chi connectivity index (χ0v) is 5.55. The molecule has 0 heterocycles. The third kappa shape index (κ3) is 3.52. The van der Waals surface area contributed by atoms with Crippen LogP contribution in [0.25, 0.3) is 0 Å². The molecule has 2 N–H and O–H groups in total. The number of nitrogens with zero attached hydrogens (tertiary/aromatic N) is 2. The van der Waals surface area contributed by atoms with E-state index in [2.05, 4.69) is 10.3 Å². The van der Waals surface area contributed by atoms with Gasteiger partial charge in [-0.1, -0.05) is 5.22 Å². The Bertz CT molecular complexity index is 136. The summed E-state index contributed by atoms with van der Waals surface area (Å²) in [7, 11) is 0. The number of nitrogens with one attached hydrogen (secondary N) is 2. The first-order valence-electron chi connectivity index (χ1n) is 2.55. The van der Waals surface area contributed by atoms with E-state index in [-0.39, 0.29) is 5.41 Å². The Hall–Kier alpha value is -1.06. The molecule has 0 aliphatic heterocycles. The predicted molar refractivity (Wildman–Crippen MR) is 36.2 cm³/mol. The Morgan fingerprint density at radius 2 is 2.00 bits per heavy atom. The molecule has 0 bridgehead atoms. The third-order valence-corrected chi connectivity index (χ3v) is 0.820. The number of rotatable bonds is 3. The molecule has 0 saturated heterocycles. The van der Waals surface area contributed by atoms with Gasteiger partial charge in [-0.3, -0.25) is 0 Å². The van der Waals surface area contributed by atoms with Crippen LogP contribution in [0, 0.1) is 16.4 Å². The fraction of sp³-hybridized carbons (Fsp3) is 0.600. The molecule has 0 aliphatic rings. The monoisotopic (exact) mass is 126 g/mol. The molecule has 0 rings (SSSR count). The highest BCUT2D eigenvalue weighted by Gasteiger charge is 2.09. The summed E-state index contributed by atoms with van der Waals surface area (Å²) in [5.74, 6) is 0. The minimum absolute atomic E-state index is 0.370. The van der Waals surface area contributed by atoms with Crippen LogP contribution < -0.4 is 0 Å². The minimum atomic E-state index is -0.370. The van der Waals surface area contributed by atoms with Crippen LogP contribution in [0.4, 0.5) is 0 Å². The predicted octanol–water partition coefficient (Wildman–Crippen LogP) is 1.68. The molecular weight excluding hydrogens is 116 g/mol. The summed E-state index contributed by atoms with van der Waals surface area (Å²) in [5, 5.41) is 13.0. The van der Waals surface area contributed by atoms with E-state index < -0.39 is 0 Å². The molecule has 0 aliphatic carbocycles. The van der Waals surface area contributed by atoms with Crippen LogP contribution >= 0.6 is 0 Å². The highest BCUT2D eigenvalue weighted by molar-refractivity contribution is 5.86.